The number of piperidine rings is 1. The second kappa shape index (κ2) is 10.8. The highest BCUT2D eigenvalue weighted by atomic mass is 32.1. The Bertz CT molecular complexity index is 795. The van der Waals surface area contributed by atoms with E-state index in [1.807, 2.05) is 24.5 Å². The predicted octanol–water partition coefficient (Wildman–Crippen LogP) is 4.11. The molecule has 0 unspecified atom stereocenters. The fraction of sp³-hybridized carbons (Fsp3) is 0.542. The van der Waals surface area contributed by atoms with Crippen molar-refractivity contribution < 1.29 is 4.74 Å². The number of likely N-dealkylation sites (tertiary alicyclic amines) is 1. The van der Waals surface area contributed by atoms with Gasteiger partial charge in [-0.15, -0.1) is 11.3 Å². The van der Waals surface area contributed by atoms with Gasteiger partial charge in [0.25, 0.3) is 0 Å². The number of ether oxygens (including phenoxy) is 1. The molecule has 2 aliphatic rings. The maximum Gasteiger partial charge on any atom is 0.191 e. The summed E-state index contributed by atoms with van der Waals surface area (Å²) in [6.07, 6.45) is 5.11. The van der Waals surface area contributed by atoms with E-state index in [0.29, 0.717) is 5.92 Å². The molecule has 0 atom stereocenters. The zero-order valence-corrected chi connectivity index (χ0v) is 18.8. The first-order chi connectivity index (χ1) is 14.8. The molecule has 1 saturated heterocycles. The number of nitrogens with one attached hydrogen (secondary N) is 2. The van der Waals surface area contributed by atoms with Gasteiger partial charge in [-0.2, -0.15) is 0 Å². The van der Waals surface area contributed by atoms with Gasteiger partial charge in [0.15, 0.2) is 5.96 Å². The number of rotatable bonds is 9. The van der Waals surface area contributed by atoms with Crippen LogP contribution in [0.1, 0.15) is 36.1 Å². The minimum absolute atomic E-state index is 0.706. The summed E-state index contributed by atoms with van der Waals surface area (Å²) in [5, 5.41) is 9.16. The lowest BCUT2D eigenvalue weighted by Crippen LogP contribution is -2.42. The van der Waals surface area contributed by atoms with Crippen molar-refractivity contribution in [2.45, 2.75) is 38.8 Å². The molecule has 1 aromatic carbocycles. The van der Waals surface area contributed by atoms with Gasteiger partial charge in [0.05, 0.1) is 6.61 Å². The van der Waals surface area contributed by atoms with Gasteiger partial charge >= 0.3 is 0 Å². The molecular weight excluding hydrogens is 392 g/mol. The number of thiophene rings is 1. The minimum atomic E-state index is 0.706. The first-order valence-electron chi connectivity index (χ1n) is 11.2. The Hall–Kier alpha value is -2.05. The van der Waals surface area contributed by atoms with E-state index in [9.17, 15) is 0 Å². The van der Waals surface area contributed by atoms with Crippen LogP contribution in [0.2, 0.25) is 0 Å². The first-order valence-corrected chi connectivity index (χ1v) is 12.1. The fourth-order valence-corrected chi connectivity index (χ4v) is 4.64. The van der Waals surface area contributed by atoms with Crippen molar-refractivity contribution in [3.8, 4) is 5.75 Å². The molecule has 0 amide bonds. The summed E-state index contributed by atoms with van der Waals surface area (Å²) < 4.78 is 6.03. The van der Waals surface area contributed by atoms with Gasteiger partial charge in [-0.1, -0.05) is 24.3 Å². The van der Waals surface area contributed by atoms with Crippen molar-refractivity contribution >= 4 is 17.3 Å². The van der Waals surface area contributed by atoms with Crippen LogP contribution in [0.4, 0.5) is 0 Å². The van der Waals surface area contributed by atoms with Crippen LogP contribution in [0.3, 0.4) is 0 Å². The number of hydrogen-bond acceptors (Lipinski definition) is 4. The molecule has 4 rings (SSSR count). The van der Waals surface area contributed by atoms with Crippen LogP contribution < -0.4 is 15.4 Å². The van der Waals surface area contributed by atoms with E-state index in [-0.39, 0.29) is 0 Å². The number of guanidine groups is 1. The number of benzene rings is 1. The Balaban J connectivity index is 1.18. The zero-order chi connectivity index (χ0) is 20.6. The quantitative estimate of drug-likeness (QED) is 0.468. The van der Waals surface area contributed by atoms with Crippen LogP contribution in [0.25, 0.3) is 0 Å². The lowest BCUT2D eigenvalue weighted by Gasteiger charge is -2.32. The van der Waals surface area contributed by atoms with E-state index in [2.05, 4.69) is 56.2 Å². The topological polar surface area (TPSA) is 48.9 Å². The number of aliphatic imine (C=N–C) groups is 1. The van der Waals surface area contributed by atoms with Crippen LogP contribution in [0.15, 0.2) is 46.8 Å². The highest BCUT2D eigenvalue weighted by Crippen LogP contribution is 2.30. The van der Waals surface area contributed by atoms with Crippen molar-refractivity contribution in [2.75, 3.05) is 33.3 Å². The molecule has 2 N–H and O–H groups in total. The molecule has 0 bridgehead atoms. The van der Waals surface area contributed by atoms with Crippen LogP contribution in [-0.2, 0) is 13.1 Å². The molecular formula is C24H34N4OS. The summed E-state index contributed by atoms with van der Waals surface area (Å²) in [5.41, 5.74) is 1.18. The third-order valence-corrected chi connectivity index (χ3v) is 6.90. The van der Waals surface area contributed by atoms with Crippen LogP contribution >= 0.6 is 11.3 Å². The Labute approximate surface area is 184 Å². The SMILES string of the molecule is CN=C(NCc1ccccc1OCC1CC1)NCC1CCN(Cc2cccs2)CC1. The van der Waals surface area contributed by atoms with Gasteiger partial charge in [0, 0.05) is 37.1 Å². The molecule has 1 saturated carbocycles. The Morgan fingerprint density at radius 2 is 1.90 bits per heavy atom. The average molecular weight is 427 g/mol. The van der Waals surface area contributed by atoms with E-state index in [4.69, 9.17) is 4.74 Å². The summed E-state index contributed by atoms with van der Waals surface area (Å²) in [6, 6.07) is 12.7. The summed E-state index contributed by atoms with van der Waals surface area (Å²) in [5.74, 6) is 3.33. The van der Waals surface area contributed by atoms with Crippen LogP contribution in [-0.4, -0.2) is 44.1 Å². The molecule has 0 spiro atoms. The second-order valence-electron chi connectivity index (χ2n) is 8.47. The number of nitrogens with zero attached hydrogens (tertiary/aromatic N) is 2. The third kappa shape index (κ3) is 6.47. The molecule has 1 aliphatic carbocycles. The lowest BCUT2D eigenvalue weighted by atomic mass is 9.97. The van der Waals surface area contributed by atoms with Crippen molar-refractivity contribution in [3.63, 3.8) is 0 Å². The summed E-state index contributed by atoms with van der Waals surface area (Å²) >= 11 is 1.86. The normalized spacial score (nSPS) is 18.4. The molecule has 6 heteroatoms. The monoisotopic (exact) mass is 426 g/mol. The fourth-order valence-electron chi connectivity index (χ4n) is 3.90. The van der Waals surface area contributed by atoms with E-state index in [1.54, 1.807) is 0 Å². The number of hydrogen-bond donors (Lipinski definition) is 2. The molecule has 30 heavy (non-hydrogen) atoms. The summed E-state index contributed by atoms with van der Waals surface area (Å²) in [6.45, 7) is 6.01. The Morgan fingerprint density at radius 1 is 1.07 bits per heavy atom. The molecule has 162 valence electrons. The first kappa shape index (κ1) is 21.2. The second-order valence-corrected chi connectivity index (χ2v) is 9.50. The molecule has 2 heterocycles. The largest absolute Gasteiger partial charge is 0.493 e. The van der Waals surface area contributed by atoms with Crippen LogP contribution in [0.5, 0.6) is 5.75 Å². The maximum atomic E-state index is 6.03. The Morgan fingerprint density at radius 3 is 2.63 bits per heavy atom. The molecule has 2 fully saturated rings. The highest BCUT2D eigenvalue weighted by Gasteiger charge is 2.22. The van der Waals surface area contributed by atoms with E-state index < -0.39 is 0 Å². The standard InChI is InChI=1S/C24H34N4OS/c1-25-24(27-16-21-5-2-3-7-23(21)29-18-20-8-9-20)26-15-19-10-12-28(13-11-19)17-22-6-4-14-30-22/h2-7,14,19-20H,8-13,15-18H2,1H3,(H2,25,26,27). The summed E-state index contributed by atoms with van der Waals surface area (Å²) in [4.78, 5) is 8.46. The number of para-hydroxylation sites is 1. The van der Waals surface area contributed by atoms with Crippen molar-refractivity contribution in [1.82, 2.24) is 15.5 Å². The van der Waals surface area contributed by atoms with Crippen molar-refractivity contribution in [3.05, 3.63) is 52.2 Å². The lowest BCUT2D eigenvalue weighted by molar-refractivity contribution is 0.179. The van der Waals surface area contributed by atoms with Gasteiger partial charge in [0.2, 0.25) is 0 Å². The van der Waals surface area contributed by atoms with Gasteiger partial charge in [-0.05, 0) is 68.1 Å². The highest BCUT2D eigenvalue weighted by molar-refractivity contribution is 7.09. The van der Waals surface area contributed by atoms with E-state index in [0.717, 1.165) is 43.9 Å². The molecule has 0 radical (unpaired) electrons. The average Bonchev–Trinajstić information content (AvgIpc) is 3.48. The minimum Gasteiger partial charge on any atom is -0.493 e. The van der Waals surface area contributed by atoms with Gasteiger partial charge < -0.3 is 15.4 Å². The molecule has 1 aromatic heterocycles. The molecule has 5 nitrogen and oxygen atoms in total. The van der Waals surface area contributed by atoms with Gasteiger partial charge in [-0.25, -0.2) is 0 Å². The van der Waals surface area contributed by atoms with Crippen molar-refractivity contribution in [1.29, 1.82) is 0 Å². The zero-order valence-electron chi connectivity index (χ0n) is 18.0. The third-order valence-electron chi connectivity index (χ3n) is 6.04. The predicted molar refractivity (Wildman–Crippen MR) is 125 cm³/mol. The van der Waals surface area contributed by atoms with E-state index >= 15 is 0 Å². The smallest absolute Gasteiger partial charge is 0.191 e. The van der Waals surface area contributed by atoms with Crippen molar-refractivity contribution in [2.24, 2.45) is 16.8 Å². The summed E-state index contributed by atoms with van der Waals surface area (Å²) in [7, 11) is 1.84. The molecule has 2 aromatic rings. The van der Waals surface area contributed by atoms with E-state index in [1.165, 1.54) is 49.2 Å². The maximum absolute atomic E-state index is 6.03. The van der Waals surface area contributed by atoms with Crippen LogP contribution in [0, 0.1) is 11.8 Å². The van der Waals surface area contributed by atoms with Gasteiger partial charge in [0.1, 0.15) is 5.75 Å². The Kier molecular flexibility index (Phi) is 7.65. The molecule has 1 aliphatic heterocycles. The van der Waals surface area contributed by atoms with Gasteiger partial charge in [-0.3, -0.25) is 9.89 Å².